The van der Waals surface area contributed by atoms with Crippen LogP contribution in [0.3, 0.4) is 0 Å². The highest BCUT2D eigenvalue weighted by molar-refractivity contribution is 5.95. The summed E-state index contributed by atoms with van der Waals surface area (Å²) in [6.45, 7) is 2.91. The molecule has 0 radical (unpaired) electrons. The number of esters is 1. The van der Waals surface area contributed by atoms with Gasteiger partial charge in [0.05, 0.1) is 20.3 Å². The number of ether oxygens (including phenoxy) is 3. The van der Waals surface area contributed by atoms with E-state index in [1.54, 1.807) is 6.92 Å². The van der Waals surface area contributed by atoms with Gasteiger partial charge >= 0.3 is 5.97 Å². The van der Waals surface area contributed by atoms with Crippen molar-refractivity contribution < 1.29 is 23.8 Å². The summed E-state index contributed by atoms with van der Waals surface area (Å²) in [5.41, 5.74) is 0. The lowest BCUT2D eigenvalue weighted by molar-refractivity contribution is -0.153. The van der Waals surface area contributed by atoms with E-state index in [1.165, 1.54) is 7.11 Å². The molecule has 0 aromatic rings. The van der Waals surface area contributed by atoms with Crippen molar-refractivity contribution in [1.29, 1.82) is 0 Å². The van der Waals surface area contributed by atoms with E-state index < -0.39 is 11.8 Å². The van der Waals surface area contributed by atoms with Crippen LogP contribution in [0.4, 0.5) is 0 Å². The second kappa shape index (κ2) is 5.23. The Morgan fingerprint density at radius 2 is 1.93 bits per heavy atom. The molecule has 1 fully saturated rings. The molecule has 0 unspecified atom stereocenters. The van der Waals surface area contributed by atoms with Gasteiger partial charge in [-0.3, -0.25) is 9.59 Å². The molecule has 0 spiro atoms. The van der Waals surface area contributed by atoms with Gasteiger partial charge < -0.3 is 14.2 Å². The van der Waals surface area contributed by atoms with Crippen LogP contribution in [0.15, 0.2) is 0 Å². The SMILES string of the molecule is COC(=O)CC(=O)CCC1(C)OCCO1. The molecule has 0 amide bonds. The monoisotopic (exact) mass is 216 g/mol. The van der Waals surface area contributed by atoms with Crippen LogP contribution in [0.25, 0.3) is 0 Å². The number of methoxy groups -OCH3 is 1. The third-order valence-corrected chi connectivity index (χ3v) is 2.33. The first-order valence-corrected chi connectivity index (χ1v) is 4.92. The van der Waals surface area contributed by atoms with Gasteiger partial charge in [0.1, 0.15) is 12.2 Å². The van der Waals surface area contributed by atoms with E-state index in [2.05, 4.69) is 4.74 Å². The van der Waals surface area contributed by atoms with Crippen LogP contribution in [0, 0.1) is 0 Å². The van der Waals surface area contributed by atoms with Gasteiger partial charge in [-0.25, -0.2) is 0 Å². The smallest absolute Gasteiger partial charge is 0.313 e. The summed E-state index contributed by atoms with van der Waals surface area (Å²) in [4.78, 5) is 22.1. The molecule has 0 N–H and O–H groups in total. The van der Waals surface area contributed by atoms with Gasteiger partial charge in [-0.15, -0.1) is 0 Å². The fourth-order valence-corrected chi connectivity index (χ4v) is 1.39. The summed E-state index contributed by atoms with van der Waals surface area (Å²) in [5, 5.41) is 0. The topological polar surface area (TPSA) is 61.8 Å². The van der Waals surface area contributed by atoms with Crippen molar-refractivity contribution in [2.24, 2.45) is 0 Å². The maximum Gasteiger partial charge on any atom is 0.313 e. The largest absolute Gasteiger partial charge is 0.469 e. The van der Waals surface area contributed by atoms with Crippen molar-refractivity contribution in [3.05, 3.63) is 0 Å². The molecule has 15 heavy (non-hydrogen) atoms. The first-order chi connectivity index (χ1) is 7.06. The summed E-state index contributed by atoms with van der Waals surface area (Å²) in [6.07, 6.45) is 0.570. The second-order valence-electron chi connectivity index (χ2n) is 3.62. The van der Waals surface area contributed by atoms with E-state index in [1.807, 2.05) is 0 Å². The number of carbonyl (C=O) groups excluding carboxylic acids is 2. The van der Waals surface area contributed by atoms with Gasteiger partial charge in [0.15, 0.2) is 5.79 Å². The third kappa shape index (κ3) is 3.97. The Balaban J connectivity index is 2.24. The number of rotatable bonds is 5. The summed E-state index contributed by atoms with van der Waals surface area (Å²) >= 11 is 0. The minimum atomic E-state index is -0.661. The minimum absolute atomic E-state index is 0.151. The maximum atomic E-state index is 11.3. The average Bonchev–Trinajstić information content (AvgIpc) is 2.63. The number of carbonyl (C=O) groups is 2. The van der Waals surface area contributed by atoms with E-state index in [0.717, 1.165) is 0 Å². The van der Waals surface area contributed by atoms with Crippen LogP contribution in [0.1, 0.15) is 26.2 Å². The average molecular weight is 216 g/mol. The molecule has 1 saturated heterocycles. The molecule has 1 aliphatic rings. The van der Waals surface area contributed by atoms with E-state index in [0.29, 0.717) is 19.6 Å². The maximum absolute atomic E-state index is 11.3. The van der Waals surface area contributed by atoms with Crippen LogP contribution in [-0.2, 0) is 23.8 Å². The Labute approximate surface area is 88.7 Å². The molecule has 1 heterocycles. The Morgan fingerprint density at radius 3 is 2.47 bits per heavy atom. The van der Waals surface area contributed by atoms with Crippen molar-refractivity contribution in [2.45, 2.75) is 32.0 Å². The second-order valence-corrected chi connectivity index (χ2v) is 3.62. The molecule has 0 bridgehead atoms. The van der Waals surface area contributed by atoms with E-state index in [-0.39, 0.29) is 18.6 Å². The highest BCUT2D eigenvalue weighted by Crippen LogP contribution is 2.24. The van der Waals surface area contributed by atoms with Gasteiger partial charge in [-0.05, 0) is 6.92 Å². The molecule has 5 nitrogen and oxygen atoms in total. The summed E-state index contributed by atoms with van der Waals surface area (Å²) < 4.78 is 15.1. The molecule has 86 valence electrons. The Hall–Kier alpha value is -0.940. The van der Waals surface area contributed by atoms with Crippen LogP contribution in [-0.4, -0.2) is 37.9 Å². The fourth-order valence-electron chi connectivity index (χ4n) is 1.39. The molecule has 0 aromatic heterocycles. The Kier molecular flexibility index (Phi) is 4.23. The summed E-state index contributed by atoms with van der Waals surface area (Å²) in [7, 11) is 1.26. The number of hydrogen-bond donors (Lipinski definition) is 0. The predicted molar refractivity (Wildman–Crippen MR) is 51.2 cm³/mol. The van der Waals surface area contributed by atoms with Crippen molar-refractivity contribution in [3.8, 4) is 0 Å². The van der Waals surface area contributed by atoms with Gasteiger partial charge in [0.2, 0.25) is 0 Å². The Bertz CT molecular complexity index is 242. The van der Waals surface area contributed by atoms with E-state index in [9.17, 15) is 9.59 Å². The standard InChI is InChI=1S/C10H16O5/c1-10(14-5-6-15-10)4-3-8(11)7-9(12)13-2/h3-7H2,1-2H3. The fraction of sp³-hybridized carbons (Fsp3) is 0.800. The van der Waals surface area contributed by atoms with Crippen molar-refractivity contribution in [1.82, 2.24) is 0 Å². The number of hydrogen-bond acceptors (Lipinski definition) is 5. The first-order valence-electron chi connectivity index (χ1n) is 4.92. The lowest BCUT2D eigenvalue weighted by Gasteiger charge is -2.21. The van der Waals surface area contributed by atoms with Crippen molar-refractivity contribution in [3.63, 3.8) is 0 Å². The molecule has 0 atom stereocenters. The normalized spacial score (nSPS) is 18.8. The molecule has 1 rings (SSSR count). The number of ketones is 1. The molecule has 0 saturated carbocycles. The van der Waals surface area contributed by atoms with E-state index in [4.69, 9.17) is 9.47 Å². The van der Waals surface area contributed by atoms with Gasteiger partial charge in [0.25, 0.3) is 0 Å². The quantitative estimate of drug-likeness (QED) is 0.499. The zero-order valence-electron chi connectivity index (χ0n) is 9.08. The minimum Gasteiger partial charge on any atom is -0.469 e. The molecular weight excluding hydrogens is 200 g/mol. The lowest BCUT2D eigenvalue weighted by Crippen LogP contribution is -2.26. The lowest BCUT2D eigenvalue weighted by atomic mass is 10.1. The van der Waals surface area contributed by atoms with Gasteiger partial charge in [-0.1, -0.05) is 0 Å². The van der Waals surface area contributed by atoms with Crippen LogP contribution in [0.5, 0.6) is 0 Å². The predicted octanol–water partition coefficient (Wildman–Crippen LogP) is 0.662. The van der Waals surface area contributed by atoms with Crippen molar-refractivity contribution in [2.75, 3.05) is 20.3 Å². The van der Waals surface area contributed by atoms with Crippen LogP contribution in [0.2, 0.25) is 0 Å². The van der Waals surface area contributed by atoms with Gasteiger partial charge in [-0.2, -0.15) is 0 Å². The highest BCUT2D eigenvalue weighted by Gasteiger charge is 2.31. The Morgan fingerprint density at radius 1 is 1.33 bits per heavy atom. The zero-order valence-corrected chi connectivity index (χ0v) is 9.08. The summed E-state index contributed by atoms with van der Waals surface area (Å²) in [6, 6.07) is 0. The highest BCUT2D eigenvalue weighted by atomic mass is 16.7. The van der Waals surface area contributed by atoms with Gasteiger partial charge in [0, 0.05) is 12.8 Å². The van der Waals surface area contributed by atoms with Crippen LogP contribution < -0.4 is 0 Å². The molecular formula is C10H16O5. The molecule has 0 aliphatic carbocycles. The first kappa shape index (κ1) is 12.1. The molecule has 5 heteroatoms. The number of Topliss-reactive ketones (excluding diaryl/α,β-unsaturated/α-hetero) is 1. The van der Waals surface area contributed by atoms with Crippen LogP contribution >= 0.6 is 0 Å². The van der Waals surface area contributed by atoms with E-state index >= 15 is 0 Å². The third-order valence-electron chi connectivity index (χ3n) is 2.33. The zero-order chi connectivity index (χ0) is 11.3. The molecule has 0 aromatic carbocycles. The summed E-state index contributed by atoms with van der Waals surface area (Å²) in [5.74, 6) is -1.31. The molecule has 1 aliphatic heterocycles. The van der Waals surface area contributed by atoms with Crippen molar-refractivity contribution >= 4 is 11.8 Å².